The van der Waals surface area contributed by atoms with Crippen LogP contribution in [0.5, 0.6) is 0 Å². The van der Waals surface area contributed by atoms with Gasteiger partial charge in [-0.3, -0.25) is 9.59 Å². The number of nitrogens with zero attached hydrogens (tertiary/aromatic N) is 2. The highest BCUT2D eigenvalue weighted by Crippen LogP contribution is 2.30. The third-order valence-corrected chi connectivity index (χ3v) is 6.05. The van der Waals surface area contributed by atoms with Crippen LogP contribution < -0.4 is 10.6 Å². The summed E-state index contributed by atoms with van der Waals surface area (Å²) in [6.45, 7) is 6.70. The summed E-state index contributed by atoms with van der Waals surface area (Å²) >= 11 is 6.26. The Balaban J connectivity index is 1.56. The number of nitrogens with two attached hydrogens (primary N) is 1. The molecule has 2 aromatic rings. The number of rotatable bonds is 9. The van der Waals surface area contributed by atoms with Crippen LogP contribution in [0.3, 0.4) is 0 Å². The standard InChI is InChI=1S/C25H32ClN3O2/c1-18(2)16-29(20-11-12-23(27)22(26)15-20)21-13-14-28(17-21)25(31)10-6-9-24(30)19-7-4-3-5-8-19/h3-5,7-8,11-12,15,18,21H,6,9-10,13-14,16-17,27H2,1-2H3. The Morgan fingerprint density at radius 2 is 1.90 bits per heavy atom. The Morgan fingerprint density at radius 3 is 2.58 bits per heavy atom. The number of benzene rings is 2. The number of carbonyl (C=O) groups excluding carboxylic acids is 2. The highest BCUT2D eigenvalue weighted by molar-refractivity contribution is 6.33. The quantitative estimate of drug-likeness (QED) is 0.437. The molecule has 3 rings (SSSR count). The molecule has 1 unspecified atom stereocenters. The lowest BCUT2D eigenvalue weighted by molar-refractivity contribution is -0.130. The zero-order chi connectivity index (χ0) is 22.4. The molecule has 2 N–H and O–H groups in total. The summed E-state index contributed by atoms with van der Waals surface area (Å²) in [6, 6.07) is 15.3. The van der Waals surface area contributed by atoms with Crippen molar-refractivity contribution in [2.24, 2.45) is 5.92 Å². The van der Waals surface area contributed by atoms with Gasteiger partial charge in [0.15, 0.2) is 5.78 Å². The molecule has 1 amide bonds. The predicted octanol–water partition coefficient (Wildman–Crippen LogP) is 5.04. The van der Waals surface area contributed by atoms with Gasteiger partial charge in [0.05, 0.1) is 10.7 Å². The average molecular weight is 442 g/mol. The van der Waals surface area contributed by atoms with Gasteiger partial charge in [0.25, 0.3) is 0 Å². The Morgan fingerprint density at radius 1 is 1.16 bits per heavy atom. The summed E-state index contributed by atoms with van der Waals surface area (Å²) in [7, 11) is 0. The fourth-order valence-corrected chi connectivity index (χ4v) is 4.28. The number of halogens is 1. The number of anilines is 2. The molecule has 166 valence electrons. The first-order valence-corrected chi connectivity index (χ1v) is 11.4. The maximum atomic E-state index is 12.7. The topological polar surface area (TPSA) is 66.6 Å². The SMILES string of the molecule is CC(C)CN(c1ccc(N)c(Cl)c1)C1CCN(C(=O)CCCC(=O)c2ccccc2)C1. The van der Waals surface area contributed by atoms with Crippen LogP contribution in [0.25, 0.3) is 0 Å². The second-order valence-corrected chi connectivity index (χ2v) is 9.08. The smallest absolute Gasteiger partial charge is 0.222 e. The minimum Gasteiger partial charge on any atom is -0.398 e. The summed E-state index contributed by atoms with van der Waals surface area (Å²) in [4.78, 5) is 29.3. The van der Waals surface area contributed by atoms with Crippen LogP contribution in [0.4, 0.5) is 11.4 Å². The minimum atomic E-state index is 0.0936. The fraction of sp³-hybridized carbons (Fsp3) is 0.440. The number of amides is 1. The molecule has 0 radical (unpaired) electrons. The number of likely N-dealkylation sites (tertiary alicyclic amines) is 1. The minimum absolute atomic E-state index is 0.0936. The second-order valence-electron chi connectivity index (χ2n) is 8.68. The number of Topliss-reactive ketones (excluding diaryl/α,β-unsaturated/α-hetero) is 1. The first-order chi connectivity index (χ1) is 14.8. The Labute approximate surface area is 190 Å². The van der Waals surface area contributed by atoms with E-state index in [-0.39, 0.29) is 17.7 Å². The van der Waals surface area contributed by atoms with Crippen molar-refractivity contribution in [3.8, 4) is 0 Å². The molecule has 1 fully saturated rings. The van der Waals surface area contributed by atoms with E-state index in [0.717, 1.165) is 25.2 Å². The van der Waals surface area contributed by atoms with E-state index in [1.165, 1.54) is 0 Å². The number of hydrogen-bond donors (Lipinski definition) is 1. The zero-order valence-electron chi connectivity index (χ0n) is 18.4. The molecule has 0 aliphatic carbocycles. The lowest BCUT2D eigenvalue weighted by Crippen LogP contribution is -2.41. The largest absolute Gasteiger partial charge is 0.398 e. The molecule has 1 atom stereocenters. The van der Waals surface area contributed by atoms with Gasteiger partial charge in [-0.05, 0) is 37.0 Å². The van der Waals surface area contributed by atoms with Gasteiger partial charge in [-0.25, -0.2) is 0 Å². The molecule has 2 aromatic carbocycles. The van der Waals surface area contributed by atoms with Crippen molar-refractivity contribution in [1.29, 1.82) is 0 Å². The van der Waals surface area contributed by atoms with Gasteiger partial charge >= 0.3 is 0 Å². The van der Waals surface area contributed by atoms with Crippen molar-refractivity contribution in [3.63, 3.8) is 0 Å². The van der Waals surface area contributed by atoms with Gasteiger partial charge in [-0.2, -0.15) is 0 Å². The number of ketones is 1. The van der Waals surface area contributed by atoms with Crippen LogP contribution in [0.15, 0.2) is 48.5 Å². The molecular weight excluding hydrogens is 410 g/mol. The Hall–Kier alpha value is -2.53. The maximum Gasteiger partial charge on any atom is 0.222 e. The van der Waals surface area contributed by atoms with E-state index in [9.17, 15) is 9.59 Å². The maximum absolute atomic E-state index is 12.7. The number of hydrogen-bond acceptors (Lipinski definition) is 4. The lowest BCUT2D eigenvalue weighted by atomic mass is 10.1. The summed E-state index contributed by atoms with van der Waals surface area (Å²) < 4.78 is 0. The van der Waals surface area contributed by atoms with Crippen molar-refractivity contribution >= 4 is 34.7 Å². The monoisotopic (exact) mass is 441 g/mol. The molecule has 1 heterocycles. The van der Waals surface area contributed by atoms with E-state index >= 15 is 0 Å². The summed E-state index contributed by atoms with van der Waals surface area (Å²) in [6.07, 6.45) is 2.31. The van der Waals surface area contributed by atoms with Gasteiger partial charge in [-0.15, -0.1) is 0 Å². The van der Waals surface area contributed by atoms with Crippen molar-refractivity contribution in [2.75, 3.05) is 30.3 Å². The van der Waals surface area contributed by atoms with Gasteiger partial charge in [0.1, 0.15) is 0 Å². The van der Waals surface area contributed by atoms with E-state index in [1.807, 2.05) is 53.4 Å². The van der Waals surface area contributed by atoms with Crippen LogP contribution in [0, 0.1) is 5.92 Å². The van der Waals surface area contributed by atoms with Crippen molar-refractivity contribution in [3.05, 3.63) is 59.1 Å². The first kappa shape index (κ1) is 23.1. The van der Waals surface area contributed by atoms with Gasteiger partial charge in [0.2, 0.25) is 5.91 Å². The van der Waals surface area contributed by atoms with Gasteiger partial charge in [0, 0.05) is 49.8 Å². The summed E-state index contributed by atoms with van der Waals surface area (Å²) in [5.74, 6) is 0.698. The molecule has 0 bridgehead atoms. The van der Waals surface area contributed by atoms with Gasteiger partial charge < -0.3 is 15.5 Å². The predicted molar refractivity (Wildman–Crippen MR) is 128 cm³/mol. The molecule has 0 saturated carbocycles. The van der Waals surface area contributed by atoms with Crippen LogP contribution in [0.1, 0.15) is 49.9 Å². The number of nitrogen functional groups attached to an aromatic ring is 1. The van der Waals surface area contributed by atoms with E-state index in [2.05, 4.69) is 18.7 Å². The average Bonchev–Trinajstić information content (AvgIpc) is 3.24. The van der Waals surface area contributed by atoms with Crippen molar-refractivity contribution in [1.82, 2.24) is 4.90 Å². The number of carbonyl (C=O) groups is 2. The molecule has 1 aliphatic rings. The molecule has 0 aromatic heterocycles. The lowest BCUT2D eigenvalue weighted by Gasteiger charge is -2.33. The Bertz CT molecular complexity index is 901. The normalized spacial score (nSPS) is 16.0. The summed E-state index contributed by atoms with van der Waals surface area (Å²) in [5, 5.41) is 0.556. The Kier molecular flexibility index (Phi) is 7.97. The molecule has 5 nitrogen and oxygen atoms in total. The first-order valence-electron chi connectivity index (χ1n) is 11.0. The van der Waals surface area contributed by atoms with E-state index in [0.29, 0.717) is 48.0 Å². The molecule has 6 heteroatoms. The molecule has 1 aliphatic heterocycles. The van der Waals surface area contributed by atoms with E-state index in [4.69, 9.17) is 17.3 Å². The van der Waals surface area contributed by atoms with Crippen LogP contribution in [0.2, 0.25) is 5.02 Å². The summed E-state index contributed by atoms with van der Waals surface area (Å²) in [5.41, 5.74) is 8.21. The molecular formula is C25H32ClN3O2. The van der Waals surface area contributed by atoms with Gasteiger partial charge in [-0.1, -0.05) is 55.8 Å². The third-order valence-electron chi connectivity index (χ3n) is 5.72. The fourth-order valence-electron chi connectivity index (χ4n) is 4.10. The highest BCUT2D eigenvalue weighted by Gasteiger charge is 2.31. The highest BCUT2D eigenvalue weighted by atomic mass is 35.5. The third kappa shape index (κ3) is 6.23. The molecule has 1 saturated heterocycles. The van der Waals surface area contributed by atoms with Crippen molar-refractivity contribution in [2.45, 2.75) is 45.6 Å². The zero-order valence-corrected chi connectivity index (χ0v) is 19.1. The van der Waals surface area contributed by atoms with E-state index in [1.54, 1.807) is 0 Å². The second kappa shape index (κ2) is 10.7. The van der Waals surface area contributed by atoms with Crippen LogP contribution in [-0.4, -0.2) is 42.3 Å². The van der Waals surface area contributed by atoms with Crippen molar-refractivity contribution < 1.29 is 9.59 Å². The van der Waals surface area contributed by atoms with Crippen LogP contribution in [-0.2, 0) is 4.79 Å². The molecule has 0 spiro atoms. The van der Waals surface area contributed by atoms with E-state index < -0.39 is 0 Å². The molecule has 31 heavy (non-hydrogen) atoms. The van der Waals surface area contributed by atoms with Crippen LogP contribution >= 0.6 is 11.6 Å².